The molecule has 3 heteroatoms. The van der Waals surface area contributed by atoms with Crippen molar-refractivity contribution in [2.75, 3.05) is 6.61 Å². The SMILES string of the molecule is CC.OCCCC(O)O. The van der Waals surface area contributed by atoms with E-state index in [1.807, 2.05) is 13.8 Å². The number of hydrogen-bond donors (Lipinski definition) is 3. The fraction of sp³-hybridized carbons (Fsp3) is 1.00. The minimum Gasteiger partial charge on any atom is -0.396 e. The molecule has 0 aromatic rings. The standard InChI is InChI=1S/C4H10O3.C2H6/c5-3-1-2-4(6)7;1-2/h4-7H,1-3H2;1-2H3. The van der Waals surface area contributed by atoms with Gasteiger partial charge in [-0.15, -0.1) is 0 Å². The molecule has 0 unspecified atom stereocenters. The molecule has 0 aliphatic heterocycles. The van der Waals surface area contributed by atoms with Crippen LogP contribution >= 0.6 is 0 Å². The van der Waals surface area contributed by atoms with Crippen LogP contribution in [0.25, 0.3) is 0 Å². The van der Waals surface area contributed by atoms with Crippen molar-refractivity contribution in [1.29, 1.82) is 0 Å². The molecule has 3 nitrogen and oxygen atoms in total. The van der Waals surface area contributed by atoms with Crippen molar-refractivity contribution < 1.29 is 15.3 Å². The summed E-state index contributed by atoms with van der Waals surface area (Å²) >= 11 is 0. The van der Waals surface area contributed by atoms with Crippen molar-refractivity contribution >= 4 is 0 Å². The molecular formula is C6H16O3. The minimum absolute atomic E-state index is 0.0254. The monoisotopic (exact) mass is 136 g/mol. The third-order valence-electron chi connectivity index (χ3n) is 0.620. The Morgan fingerprint density at radius 1 is 1.22 bits per heavy atom. The van der Waals surface area contributed by atoms with Gasteiger partial charge < -0.3 is 15.3 Å². The minimum atomic E-state index is -1.26. The second-order valence-corrected chi connectivity index (χ2v) is 1.35. The molecule has 0 bridgehead atoms. The first-order valence-electron chi connectivity index (χ1n) is 3.24. The molecule has 0 spiro atoms. The Morgan fingerprint density at radius 2 is 1.67 bits per heavy atom. The molecule has 0 rings (SSSR count). The molecule has 0 aromatic carbocycles. The van der Waals surface area contributed by atoms with Crippen LogP contribution in [-0.2, 0) is 0 Å². The van der Waals surface area contributed by atoms with E-state index >= 15 is 0 Å². The average Bonchev–Trinajstić information content (AvgIpc) is 1.88. The van der Waals surface area contributed by atoms with Crippen LogP contribution in [0.5, 0.6) is 0 Å². The van der Waals surface area contributed by atoms with Gasteiger partial charge in [-0.1, -0.05) is 13.8 Å². The van der Waals surface area contributed by atoms with Crippen molar-refractivity contribution in [3.05, 3.63) is 0 Å². The van der Waals surface area contributed by atoms with E-state index in [1.165, 1.54) is 0 Å². The summed E-state index contributed by atoms with van der Waals surface area (Å²) in [6.45, 7) is 4.03. The lowest BCUT2D eigenvalue weighted by molar-refractivity contribution is -0.0484. The molecule has 0 atom stereocenters. The lowest BCUT2D eigenvalue weighted by atomic mass is 10.3. The van der Waals surface area contributed by atoms with Crippen molar-refractivity contribution in [2.45, 2.75) is 33.0 Å². The number of rotatable bonds is 3. The summed E-state index contributed by atoms with van der Waals surface area (Å²) in [6.07, 6.45) is -0.541. The number of aliphatic hydroxyl groups excluding tert-OH is 2. The molecule has 0 amide bonds. The predicted molar refractivity (Wildman–Crippen MR) is 35.9 cm³/mol. The molecule has 9 heavy (non-hydrogen) atoms. The van der Waals surface area contributed by atoms with E-state index in [-0.39, 0.29) is 13.0 Å². The number of hydrogen-bond acceptors (Lipinski definition) is 3. The molecule has 0 radical (unpaired) electrons. The maximum Gasteiger partial charge on any atom is 0.151 e. The lowest BCUT2D eigenvalue weighted by Crippen LogP contribution is -2.03. The van der Waals surface area contributed by atoms with Crippen LogP contribution in [0.4, 0.5) is 0 Å². The Balaban J connectivity index is 0. The highest BCUT2D eigenvalue weighted by molar-refractivity contribution is 4.36. The summed E-state index contributed by atoms with van der Waals surface area (Å²) in [4.78, 5) is 0. The summed E-state index contributed by atoms with van der Waals surface area (Å²) in [5.74, 6) is 0. The summed E-state index contributed by atoms with van der Waals surface area (Å²) in [6, 6.07) is 0. The molecule has 0 saturated heterocycles. The van der Waals surface area contributed by atoms with Gasteiger partial charge in [-0.2, -0.15) is 0 Å². The predicted octanol–water partition coefficient (Wildman–Crippen LogP) is 0.0958. The molecule has 0 fully saturated rings. The first-order chi connectivity index (χ1) is 4.27. The van der Waals surface area contributed by atoms with Gasteiger partial charge in [0.05, 0.1) is 0 Å². The van der Waals surface area contributed by atoms with Crippen LogP contribution in [0, 0.1) is 0 Å². The quantitative estimate of drug-likeness (QED) is 0.482. The van der Waals surface area contributed by atoms with Gasteiger partial charge in [-0.05, 0) is 6.42 Å². The van der Waals surface area contributed by atoms with E-state index in [0.29, 0.717) is 6.42 Å². The summed E-state index contributed by atoms with van der Waals surface area (Å²) < 4.78 is 0. The fourth-order valence-corrected chi connectivity index (χ4v) is 0.274. The van der Waals surface area contributed by atoms with Gasteiger partial charge in [0.15, 0.2) is 6.29 Å². The zero-order chi connectivity index (χ0) is 7.70. The van der Waals surface area contributed by atoms with Crippen LogP contribution < -0.4 is 0 Å². The van der Waals surface area contributed by atoms with E-state index in [4.69, 9.17) is 15.3 Å². The van der Waals surface area contributed by atoms with Crippen molar-refractivity contribution in [3.8, 4) is 0 Å². The smallest absolute Gasteiger partial charge is 0.151 e. The van der Waals surface area contributed by atoms with Crippen molar-refractivity contribution in [3.63, 3.8) is 0 Å². The van der Waals surface area contributed by atoms with Crippen LogP contribution in [0.15, 0.2) is 0 Å². The molecule has 58 valence electrons. The Morgan fingerprint density at radius 3 is 1.78 bits per heavy atom. The second-order valence-electron chi connectivity index (χ2n) is 1.35. The van der Waals surface area contributed by atoms with E-state index in [9.17, 15) is 0 Å². The van der Waals surface area contributed by atoms with Gasteiger partial charge in [0, 0.05) is 13.0 Å². The highest BCUT2D eigenvalue weighted by Gasteiger charge is 1.92. The Kier molecular flexibility index (Phi) is 14.0. The van der Waals surface area contributed by atoms with Crippen LogP contribution in [0.3, 0.4) is 0 Å². The normalized spacial score (nSPS) is 8.67. The zero-order valence-corrected chi connectivity index (χ0v) is 6.04. The third kappa shape index (κ3) is 18.1. The molecule has 0 heterocycles. The molecule has 0 aromatic heterocycles. The van der Waals surface area contributed by atoms with Gasteiger partial charge in [0.2, 0.25) is 0 Å². The Bertz CT molecular complexity index is 37.3. The van der Waals surface area contributed by atoms with Gasteiger partial charge in [0.1, 0.15) is 0 Å². The van der Waals surface area contributed by atoms with E-state index in [2.05, 4.69) is 0 Å². The van der Waals surface area contributed by atoms with Gasteiger partial charge >= 0.3 is 0 Å². The Labute approximate surface area is 56.0 Å². The van der Waals surface area contributed by atoms with Crippen LogP contribution in [-0.4, -0.2) is 28.2 Å². The van der Waals surface area contributed by atoms with Crippen LogP contribution in [0.1, 0.15) is 26.7 Å². The largest absolute Gasteiger partial charge is 0.396 e. The number of aliphatic hydroxyl groups is 3. The third-order valence-corrected chi connectivity index (χ3v) is 0.620. The molecule has 0 aliphatic carbocycles. The topological polar surface area (TPSA) is 60.7 Å². The van der Waals surface area contributed by atoms with Gasteiger partial charge in [0.25, 0.3) is 0 Å². The van der Waals surface area contributed by atoms with E-state index in [0.717, 1.165) is 0 Å². The highest BCUT2D eigenvalue weighted by Crippen LogP contribution is 1.89. The highest BCUT2D eigenvalue weighted by atomic mass is 16.5. The van der Waals surface area contributed by atoms with E-state index < -0.39 is 6.29 Å². The first-order valence-corrected chi connectivity index (χ1v) is 3.24. The second kappa shape index (κ2) is 10.8. The zero-order valence-electron chi connectivity index (χ0n) is 6.04. The van der Waals surface area contributed by atoms with Crippen LogP contribution in [0.2, 0.25) is 0 Å². The fourth-order valence-electron chi connectivity index (χ4n) is 0.274. The summed E-state index contributed by atoms with van der Waals surface area (Å²) in [7, 11) is 0. The Hall–Kier alpha value is -0.120. The van der Waals surface area contributed by atoms with E-state index in [1.54, 1.807) is 0 Å². The van der Waals surface area contributed by atoms with Gasteiger partial charge in [-0.3, -0.25) is 0 Å². The maximum absolute atomic E-state index is 8.13. The summed E-state index contributed by atoms with van der Waals surface area (Å²) in [5.41, 5.74) is 0. The van der Waals surface area contributed by atoms with Crippen molar-refractivity contribution in [2.24, 2.45) is 0 Å². The molecule has 0 aliphatic rings. The summed E-state index contributed by atoms with van der Waals surface area (Å²) in [5, 5.41) is 24.3. The molecule has 0 saturated carbocycles. The lowest BCUT2D eigenvalue weighted by Gasteiger charge is -1.97. The first kappa shape index (κ1) is 11.6. The maximum atomic E-state index is 8.13. The van der Waals surface area contributed by atoms with Crippen molar-refractivity contribution in [1.82, 2.24) is 0 Å². The van der Waals surface area contributed by atoms with Gasteiger partial charge in [-0.25, -0.2) is 0 Å². The average molecular weight is 136 g/mol. The molecular weight excluding hydrogens is 120 g/mol. The molecule has 3 N–H and O–H groups in total.